The minimum Gasteiger partial charge on any atom is -0.483 e. The number of nitrogens with zero attached hydrogens (tertiary/aromatic N) is 2. The zero-order valence-corrected chi connectivity index (χ0v) is 21.2. The molecule has 0 radical (unpaired) electrons. The number of carbonyl (C=O) groups excluding carboxylic acids is 1. The third-order valence-corrected chi connectivity index (χ3v) is 6.10. The highest BCUT2D eigenvalue weighted by Gasteiger charge is 2.18. The molecule has 2 heterocycles. The van der Waals surface area contributed by atoms with Crippen LogP contribution < -0.4 is 10.1 Å². The summed E-state index contributed by atoms with van der Waals surface area (Å²) in [4.78, 5) is 12.8. The fourth-order valence-corrected chi connectivity index (χ4v) is 4.41. The molecule has 2 aromatic carbocycles. The molecule has 0 aliphatic heterocycles. The number of hydrogen-bond donors (Lipinski definition) is 1. The molecule has 0 atom stereocenters. The quantitative estimate of drug-likeness (QED) is 0.263. The first kappa shape index (κ1) is 24.5. The number of anilines is 1. The van der Waals surface area contributed by atoms with Gasteiger partial charge in [-0.2, -0.15) is 5.10 Å². The normalized spacial score (nSPS) is 11.0. The van der Waals surface area contributed by atoms with Crippen molar-refractivity contribution in [2.24, 2.45) is 0 Å². The first-order valence-corrected chi connectivity index (χ1v) is 11.7. The van der Waals surface area contributed by atoms with Crippen molar-refractivity contribution in [3.8, 4) is 5.75 Å². The molecule has 34 heavy (non-hydrogen) atoms. The van der Waals surface area contributed by atoms with Crippen molar-refractivity contribution in [1.82, 2.24) is 9.78 Å². The lowest BCUT2D eigenvalue weighted by molar-refractivity contribution is 0.0992. The molecule has 4 aromatic rings. The van der Waals surface area contributed by atoms with Crippen LogP contribution in [0.25, 0.3) is 0 Å². The molecule has 0 saturated heterocycles. The van der Waals surface area contributed by atoms with E-state index in [1.54, 1.807) is 12.1 Å². The lowest BCUT2D eigenvalue weighted by Crippen LogP contribution is -2.12. The van der Waals surface area contributed by atoms with Crippen molar-refractivity contribution in [2.45, 2.75) is 27.0 Å². The first-order chi connectivity index (χ1) is 16.2. The zero-order valence-electron chi connectivity index (χ0n) is 18.2. The Bertz CT molecular complexity index is 1320. The second kappa shape index (κ2) is 10.3. The van der Waals surface area contributed by atoms with Gasteiger partial charge in [-0.15, -0.1) is 0 Å². The van der Waals surface area contributed by atoms with Crippen LogP contribution in [0.5, 0.6) is 5.75 Å². The smallest absolute Gasteiger partial charge is 0.291 e. The molecule has 0 spiro atoms. The maximum absolute atomic E-state index is 12.8. The molecule has 176 valence electrons. The van der Waals surface area contributed by atoms with E-state index in [4.69, 9.17) is 55.6 Å². The molecule has 1 amide bonds. The Hall–Kier alpha value is -2.64. The highest BCUT2D eigenvalue weighted by molar-refractivity contribution is 6.40. The second-order valence-electron chi connectivity index (χ2n) is 7.54. The topological polar surface area (TPSA) is 69.3 Å². The summed E-state index contributed by atoms with van der Waals surface area (Å²) < 4.78 is 13.1. The van der Waals surface area contributed by atoms with E-state index in [2.05, 4.69) is 10.4 Å². The highest BCUT2D eigenvalue weighted by atomic mass is 35.5. The van der Waals surface area contributed by atoms with E-state index in [-0.39, 0.29) is 28.2 Å². The van der Waals surface area contributed by atoms with Gasteiger partial charge < -0.3 is 14.5 Å². The molecule has 0 fully saturated rings. The number of benzene rings is 2. The fraction of sp³-hybridized carbons (Fsp3) is 0.167. The van der Waals surface area contributed by atoms with Gasteiger partial charge in [0.05, 0.1) is 33.7 Å². The lowest BCUT2D eigenvalue weighted by Gasteiger charge is -2.09. The van der Waals surface area contributed by atoms with Gasteiger partial charge in [-0.05, 0) is 55.8 Å². The Morgan fingerprint density at radius 3 is 2.35 bits per heavy atom. The Morgan fingerprint density at radius 2 is 1.68 bits per heavy atom. The van der Waals surface area contributed by atoms with Crippen molar-refractivity contribution in [3.05, 3.63) is 97.1 Å². The predicted octanol–water partition coefficient (Wildman–Crippen LogP) is 7.59. The maximum Gasteiger partial charge on any atom is 0.291 e. The number of aromatic nitrogens is 2. The van der Waals surface area contributed by atoms with Crippen LogP contribution in [0, 0.1) is 13.8 Å². The van der Waals surface area contributed by atoms with Crippen LogP contribution in [0.3, 0.4) is 0 Å². The monoisotopic (exact) mass is 537 g/mol. The number of furan rings is 1. The van der Waals surface area contributed by atoms with Gasteiger partial charge >= 0.3 is 0 Å². The van der Waals surface area contributed by atoms with Gasteiger partial charge in [-0.1, -0.05) is 58.5 Å². The van der Waals surface area contributed by atoms with Crippen LogP contribution in [0.2, 0.25) is 20.1 Å². The predicted molar refractivity (Wildman–Crippen MR) is 135 cm³/mol. The molecule has 1 N–H and O–H groups in total. The highest BCUT2D eigenvalue weighted by Crippen LogP contribution is 2.36. The van der Waals surface area contributed by atoms with Crippen molar-refractivity contribution >= 4 is 58.0 Å². The number of halogens is 4. The third kappa shape index (κ3) is 5.53. The summed E-state index contributed by atoms with van der Waals surface area (Å²) in [7, 11) is 0. The Labute approximate surface area is 216 Å². The van der Waals surface area contributed by atoms with Gasteiger partial charge in [-0.25, -0.2) is 0 Å². The summed E-state index contributed by atoms with van der Waals surface area (Å²) >= 11 is 24.1. The van der Waals surface area contributed by atoms with E-state index in [1.807, 2.05) is 42.8 Å². The number of rotatable bonds is 7. The molecule has 0 aliphatic rings. The van der Waals surface area contributed by atoms with Crippen LogP contribution in [0.15, 0.2) is 52.9 Å². The van der Waals surface area contributed by atoms with Crippen LogP contribution in [0.4, 0.5) is 5.69 Å². The van der Waals surface area contributed by atoms with Gasteiger partial charge in [0.2, 0.25) is 0 Å². The number of hydrogen-bond acceptors (Lipinski definition) is 4. The summed E-state index contributed by atoms with van der Waals surface area (Å²) in [5.74, 6) is 0.454. The standard InChI is InChI=1S/C24H19Cl4N3O3/c1-13-22(14(2)31(30-13)11-15-3-5-16(25)6-4-15)29-24(32)21-8-7-18(34-21)12-33-23-19(27)9-17(26)10-20(23)28/h3-10H,11-12H2,1-2H3,(H,29,32). The van der Waals surface area contributed by atoms with E-state index >= 15 is 0 Å². The Morgan fingerprint density at radius 1 is 1.00 bits per heavy atom. The summed E-state index contributed by atoms with van der Waals surface area (Å²) in [6, 6.07) is 13.8. The molecule has 0 saturated carbocycles. The lowest BCUT2D eigenvalue weighted by atomic mass is 10.2. The molecule has 0 aliphatic carbocycles. The van der Waals surface area contributed by atoms with E-state index in [0.717, 1.165) is 11.3 Å². The SMILES string of the molecule is Cc1nn(Cc2ccc(Cl)cc2)c(C)c1NC(=O)c1ccc(COc2c(Cl)cc(Cl)cc2Cl)o1. The van der Waals surface area contributed by atoms with Crippen molar-refractivity contribution in [2.75, 3.05) is 5.32 Å². The second-order valence-corrected chi connectivity index (χ2v) is 9.22. The average molecular weight is 539 g/mol. The van der Waals surface area contributed by atoms with Crippen LogP contribution >= 0.6 is 46.4 Å². The number of nitrogens with one attached hydrogen (secondary N) is 1. The van der Waals surface area contributed by atoms with Gasteiger partial charge in [0.25, 0.3) is 5.91 Å². The maximum atomic E-state index is 12.8. The zero-order chi connectivity index (χ0) is 24.4. The van der Waals surface area contributed by atoms with E-state index in [1.165, 1.54) is 12.1 Å². The van der Waals surface area contributed by atoms with Crippen molar-refractivity contribution < 1.29 is 13.9 Å². The largest absolute Gasteiger partial charge is 0.483 e. The van der Waals surface area contributed by atoms with E-state index in [9.17, 15) is 4.79 Å². The summed E-state index contributed by atoms with van der Waals surface area (Å²) in [5, 5.41) is 9.08. The van der Waals surface area contributed by atoms with Gasteiger partial charge in [0.15, 0.2) is 11.5 Å². The molecule has 2 aromatic heterocycles. The average Bonchev–Trinajstić information content (AvgIpc) is 3.35. The van der Waals surface area contributed by atoms with Crippen LogP contribution in [0.1, 0.15) is 33.3 Å². The van der Waals surface area contributed by atoms with Gasteiger partial charge in [0.1, 0.15) is 12.4 Å². The van der Waals surface area contributed by atoms with Crippen LogP contribution in [-0.2, 0) is 13.2 Å². The van der Waals surface area contributed by atoms with E-state index < -0.39 is 5.91 Å². The van der Waals surface area contributed by atoms with Crippen LogP contribution in [-0.4, -0.2) is 15.7 Å². The Kier molecular flexibility index (Phi) is 7.43. The molecule has 4 rings (SSSR count). The number of ether oxygens (including phenoxy) is 1. The summed E-state index contributed by atoms with van der Waals surface area (Å²) in [5.41, 5.74) is 3.20. The minimum atomic E-state index is -0.397. The molecule has 0 unspecified atom stereocenters. The number of carbonyl (C=O) groups is 1. The Balaban J connectivity index is 1.43. The van der Waals surface area contributed by atoms with Crippen molar-refractivity contribution in [3.63, 3.8) is 0 Å². The van der Waals surface area contributed by atoms with E-state index in [0.29, 0.717) is 33.7 Å². The molecule has 0 bridgehead atoms. The van der Waals surface area contributed by atoms with Crippen molar-refractivity contribution in [1.29, 1.82) is 0 Å². The fourth-order valence-electron chi connectivity index (χ4n) is 3.36. The first-order valence-electron chi connectivity index (χ1n) is 10.2. The number of aryl methyl sites for hydroxylation is 1. The molecular weight excluding hydrogens is 520 g/mol. The third-order valence-electron chi connectivity index (χ3n) is 5.07. The molecular formula is C24H19Cl4N3O3. The minimum absolute atomic E-state index is 0.0332. The van der Waals surface area contributed by atoms with Gasteiger partial charge in [-0.3, -0.25) is 9.48 Å². The van der Waals surface area contributed by atoms with Gasteiger partial charge in [0, 0.05) is 10.0 Å². The number of amides is 1. The summed E-state index contributed by atoms with van der Waals surface area (Å²) in [6.45, 7) is 4.32. The summed E-state index contributed by atoms with van der Waals surface area (Å²) in [6.07, 6.45) is 0. The molecule has 10 heteroatoms. The molecule has 6 nitrogen and oxygen atoms in total.